The van der Waals surface area contributed by atoms with Crippen molar-refractivity contribution in [1.82, 2.24) is 4.90 Å². The number of furan rings is 1. The van der Waals surface area contributed by atoms with Crippen LogP contribution in [0.3, 0.4) is 0 Å². The second kappa shape index (κ2) is 17.8. The smallest absolute Gasteiger partial charge is 0.416 e. The van der Waals surface area contributed by atoms with Crippen LogP contribution in [0, 0.1) is 5.41 Å². The number of allylic oxidation sites excluding steroid dienone is 2. The molecule has 1 heterocycles. The van der Waals surface area contributed by atoms with Crippen molar-refractivity contribution in [2.45, 2.75) is 96.1 Å². The van der Waals surface area contributed by atoms with E-state index >= 15 is 0 Å². The highest BCUT2D eigenvalue weighted by molar-refractivity contribution is 6.33. The van der Waals surface area contributed by atoms with Gasteiger partial charge in [-0.1, -0.05) is 42.3 Å². The van der Waals surface area contributed by atoms with E-state index in [2.05, 4.69) is 6.08 Å². The van der Waals surface area contributed by atoms with Crippen molar-refractivity contribution in [3.8, 4) is 22.8 Å². The third kappa shape index (κ3) is 9.35. The number of benzene rings is 3. The van der Waals surface area contributed by atoms with E-state index in [-0.39, 0.29) is 48.2 Å². The fourth-order valence-electron chi connectivity index (χ4n) is 8.73. The summed E-state index contributed by atoms with van der Waals surface area (Å²) in [5, 5.41) is 24.1. The SMILES string of the molecule is CCOC(=O)N(Cc1ccc(OC)cc1OC)CC1(O)CCC2c3ccc(cc3C(=O)c3ccc(-c4cc(C(F)(F)F)ccc4Cl)o3)CC(O)CCC(C)=CCCC21C. The molecule has 0 saturated heterocycles. The van der Waals surface area contributed by atoms with Crippen LogP contribution in [-0.4, -0.2) is 66.1 Å². The molecule has 0 radical (unpaired) electrons. The predicted molar refractivity (Wildman–Crippen MR) is 218 cm³/mol. The number of rotatable bonds is 10. The third-order valence-electron chi connectivity index (χ3n) is 12.1. The molecule has 2 bridgehead atoms. The topological polar surface area (TPSA) is 119 Å². The highest BCUT2D eigenvalue weighted by Gasteiger charge is 2.58. The van der Waals surface area contributed by atoms with E-state index in [1.54, 1.807) is 38.3 Å². The molecule has 3 aromatic carbocycles. The molecular formula is C46H51ClF3NO8. The quantitative estimate of drug-likeness (QED) is 0.120. The average Bonchev–Trinajstić information content (AvgIpc) is 3.79. The summed E-state index contributed by atoms with van der Waals surface area (Å²) in [6.07, 6.45) is -0.496. The van der Waals surface area contributed by atoms with Crippen molar-refractivity contribution in [2.75, 3.05) is 27.4 Å². The van der Waals surface area contributed by atoms with Gasteiger partial charge in [0.2, 0.25) is 5.78 Å². The first-order valence-electron chi connectivity index (χ1n) is 19.8. The molecule has 1 saturated carbocycles. The van der Waals surface area contributed by atoms with Crippen LogP contribution in [0.4, 0.5) is 18.0 Å². The number of ether oxygens (including phenoxy) is 3. The first-order chi connectivity index (χ1) is 28.0. The van der Waals surface area contributed by atoms with Gasteiger partial charge in [-0.2, -0.15) is 13.2 Å². The van der Waals surface area contributed by atoms with Gasteiger partial charge >= 0.3 is 12.3 Å². The van der Waals surface area contributed by atoms with E-state index in [0.717, 1.165) is 23.8 Å². The van der Waals surface area contributed by atoms with Gasteiger partial charge in [0.25, 0.3) is 0 Å². The van der Waals surface area contributed by atoms with E-state index < -0.39 is 46.7 Å². The van der Waals surface area contributed by atoms with Gasteiger partial charge in [-0.15, -0.1) is 0 Å². The lowest BCUT2D eigenvalue weighted by Crippen LogP contribution is -2.53. The molecule has 316 valence electrons. The van der Waals surface area contributed by atoms with Crippen molar-refractivity contribution < 1.29 is 51.6 Å². The van der Waals surface area contributed by atoms with E-state index in [1.165, 1.54) is 24.1 Å². The number of fused-ring (bicyclic) bond motifs is 8. The fraction of sp³-hybridized carbons (Fsp3) is 0.435. The Kier molecular flexibility index (Phi) is 13.2. The molecule has 9 nitrogen and oxygen atoms in total. The first-order valence-corrected chi connectivity index (χ1v) is 20.2. The number of halogens is 4. The van der Waals surface area contributed by atoms with Crippen molar-refractivity contribution in [3.63, 3.8) is 0 Å². The number of hydrogen-bond acceptors (Lipinski definition) is 8. The Morgan fingerprint density at radius 3 is 2.49 bits per heavy atom. The standard InChI is InChI=1S/C46H51ClF3NO8/c1-6-58-43(54)51(26-30-11-14-33(56-4)25-41(30)57-5)27-45(55)21-19-37-34-15-10-29(22-32(52)13-9-28(2)8-7-20-44(37,45)3)23-35(34)42(53)40-18-17-39(59-40)36-24-31(46(48,49)50)12-16-38(36)47/h8,10-12,14-18,23-25,32,37,52,55H,6-7,9,13,19-22,26-27H2,1-5H3. The summed E-state index contributed by atoms with van der Waals surface area (Å²) in [6.45, 7) is 5.87. The molecule has 0 aliphatic heterocycles. The van der Waals surface area contributed by atoms with Gasteiger partial charge in [-0.3, -0.25) is 4.79 Å². The van der Waals surface area contributed by atoms with Gasteiger partial charge < -0.3 is 33.7 Å². The first kappa shape index (κ1) is 43.8. The molecular weight excluding hydrogens is 787 g/mol. The van der Waals surface area contributed by atoms with Crippen molar-refractivity contribution >= 4 is 23.5 Å². The molecule has 4 unspecified atom stereocenters. The molecule has 1 fully saturated rings. The van der Waals surface area contributed by atoms with Crippen LogP contribution < -0.4 is 9.47 Å². The van der Waals surface area contributed by atoms with Crippen LogP contribution in [0.5, 0.6) is 11.5 Å². The Bertz CT molecular complexity index is 2200. The Labute approximate surface area is 347 Å². The number of aliphatic hydroxyl groups is 2. The zero-order valence-electron chi connectivity index (χ0n) is 34.0. The van der Waals surface area contributed by atoms with E-state index in [0.29, 0.717) is 72.3 Å². The van der Waals surface area contributed by atoms with Crippen LogP contribution in [0.1, 0.15) is 104 Å². The molecule has 7 rings (SSSR count). The van der Waals surface area contributed by atoms with Crippen LogP contribution >= 0.6 is 11.6 Å². The van der Waals surface area contributed by atoms with E-state index in [1.807, 2.05) is 26.0 Å². The van der Waals surface area contributed by atoms with Crippen LogP contribution in [0.25, 0.3) is 11.3 Å². The van der Waals surface area contributed by atoms with Gasteiger partial charge in [0.1, 0.15) is 17.3 Å². The summed E-state index contributed by atoms with van der Waals surface area (Å²) >= 11 is 6.33. The molecule has 1 amide bonds. The minimum Gasteiger partial charge on any atom is -0.497 e. The lowest BCUT2D eigenvalue weighted by atomic mass is 9.64. The number of methoxy groups -OCH3 is 2. The highest BCUT2D eigenvalue weighted by atomic mass is 35.5. The van der Waals surface area contributed by atoms with Gasteiger partial charge in [0, 0.05) is 28.2 Å². The Hall–Kier alpha value is -4.78. The minimum absolute atomic E-state index is 0.00509. The molecule has 4 atom stereocenters. The van der Waals surface area contributed by atoms with E-state index in [4.69, 9.17) is 30.2 Å². The maximum atomic E-state index is 14.6. The third-order valence-corrected chi connectivity index (χ3v) is 12.5. The van der Waals surface area contributed by atoms with E-state index in [9.17, 15) is 33.0 Å². The summed E-state index contributed by atoms with van der Waals surface area (Å²) in [7, 11) is 3.08. The molecule has 2 N–H and O–H groups in total. The Balaban J connectivity index is 1.42. The van der Waals surface area contributed by atoms with Crippen molar-refractivity contribution in [3.05, 3.63) is 117 Å². The monoisotopic (exact) mass is 837 g/mol. The summed E-state index contributed by atoms with van der Waals surface area (Å²) in [5.41, 5.74) is 0.167. The summed E-state index contributed by atoms with van der Waals surface area (Å²) in [6, 6.07) is 16.5. The number of carbonyl (C=O) groups excluding carboxylic acids is 2. The number of aliphatic hydroxyl groups excluding tert-OH is 1. The predicted octanol–water partition coefficient (Wildman–Crippen LogP) is 10.6. The Morgan fingerprint density at radius 2 is 1.78 bits per heavy atom. The molecule has 3 aliphatic rings. The molecule has 3 aliphatic carbocycles. The second-order valence-corrected chi connectivity index (χ2v) is 16.3. The normalized spacial score (nSPS) is 22.3. The fourth-order valence-corrected chi connectivity index (χ4v) is 8.94. The number of hydrogen-bond donors (Lipinski definition) is 2. The van der Waals surface area contributed by atoms with Gasteiger partial charge in [-0.25, -0.2) is 4.79 Å². The van der Waals surface area contributed by atoms with Crippen LogP contribution in [0.2, 0.25) is 5.02 Å². The molecule has 0 spiro atoms. The molecule has 13 heteroatoms. The second-order valence-electron chi connectivity index (χ2n) is 15.9. The highest BCUT2D eigenvalue weighted by Crippen LogP contribution is 2.59. The van der Waals surface area contributed by atoms with Crippen LogP contribution in [0.15, 0.2) is 82.8 Å². The number of alkyl halides is 3. The summed E-state index contributed by atoms with van der Waals surface area (Å²) in [4.78, 5) is 29.8. The molecule has 1 aromatic heterocycles. The average molecular weight is 838 g/mol. The Morgan fingerprint density at radius 1 is 1.00 bits per heavy atom. The van der Waals surface area contributed by atoms with Gasteiger partial charge in [-0.05, 0) is 124 Å². The maximum absolute atomic E-state index is 14.6. The number of carbonyl (C=O) groups is 2. The summed E-state index contributed by atoms with van der Waals surface area (Å²) < 4.78 is 63.4. The lowest BCUT2D eigenvalue weighted by molar-refractivity contribution is -0.137. The number of amides is 1. The minimum atomic E-state index is -4.62. The largest absolute Gasteiger partial charge is 0.497 e. The number of ketones is 1. The zero-order valence-corrected chi connectivity index (χ0v) is 34.7. The van der Waals surface area contributed by atoms with Crippen molar-refractivity contribution in [2.24, 2.45) is 5.41 Å². The van der Waals surface area contributed by atoms with Crippen molar-refractivity contribution in [1.29, 1.82) is 0 Å². The van der Waals surface area contributed by atoms with Gasteiger partial charge in [0.15, 0.2) is 5.76 Å². The number of nitrogens with zero attached hydrogens (tertiary/aromatic N) is 1. The molecule has 59 heavy (non-hydrogen) atoms. The summed E-state index contributed by atoms with van der Waals surface area (Å²) in [5.74, 6) is 0.0697. The van der Waals surface area contributed by atoms with Crippen LogP contribution in [-0.2, 0) is 23.9 Å². The lowest BCUT2D eigenvalue weighted by Gasteiger charge is -2.46. The maximum Gasteiger partial charge on any atom is 0.416 e. The van der Waals surface area contributed by atoms with Gasteiger partial charge in [0.05, 0.1) is 56.2 Å². The zero-order chi connectivity index (χ0) is 42.7. The molecule has 4 aromatic rings.